The second-order valence-electron chi connectivity index (χ2n) is 3.73. The number of rotatable bonds is 3. The van der Waals surface area contributed by atoms with Gasteiger partial charge in [0.1, 0.15) is 0 Å². The largest absolute Gasteiger partial charge is 0.476 e. The maximum atomic E-state index is 10.9. The number of carbonyl (C=O) groups is 2. The van der Waals surface area contributed by atoms with E-state index < -0.39 is 5.97 Å². The average molecular weight is 265 g/mol. The zero-order valence-corrected chi connectivity index (χ0v) is 10.2. The Balaban J connectivity index is 2.58. The van der Waals surface area contributed by atoms with Gasteiger partial charge in [0.2, 0.25) is 0 Å². The van der Waals surface area contributed by atoms with E-state index in [1.54, 1.807) is 18.2 Å². The molecule has 0 saturated carbocycles. The van der Waals surface area contributed by atoms with Crippen LogP contribution in [0.2, 0.25) is 5.02 Å². The van der Waals surface area contributed by atoms with Crippen molar-refractivity contribution in [2.45, 2.75) is 6.92 Å². The number of carboxylic acid groups (broad SMARTS) is 1. The Morgan fingerprint density at radius 2 is 2.22 bits per heavy atom. The third-order valence-corrected chi connectivity index (χ3v) is 2.71. The fourth-order valence-corrected chi connectivity index (χ4v) is 1.87. The van der Waals surface area contributed by atoms with Crippen LogP contribution in [-0.2, 0) is 0 Å². The lowest BCUT2D eigenvalue weighted by atomic mass is 10.2. The Labute approximate surface area is 108 Å². The molecule has 0 aliphatic heterocycles. The number of aldehydes is 1. The summed E-state index contributed by atoms with van der Waals surface area (Å²) in [4.78, 5) is 21.7. The topological polar surface area (TPSA) is 72.2 Å². The van der Waals surface area contributed by atoms with Gasteiger partial charge in [-0.25, -0.2) is 9.48 Å². The van der Waals surface area contributed by atoms with Crippen LogP contribution < -0.4 is 0 Å². The highest BCUT2D eigenvalue weighted by molar-refractivity contribution is 6.30. The quantitative estimate of drug-likeness (QED) is 0.864. The van der Waals surface area contributed by atoms with Crippen molar-refractivity contribution in [3.05, 3.63) is 46.2 Å². The summed E-state index contributed by atoms with van der Waals surface area (Å²) in [6.45, 7) is 1.82. The van der Waals surface area contributed by atoms with Crippen molar-refractivity contribution in [2.75, 3.05) is 0 Å². The summed E-state index contributed by atoms with van der Waals surface area (Å²) < 4.78 is 1.36. The zero-order chi connectivity index (χ0) is 13.3. The summed E-state index contributed by atoms with van der Waals surface area (Å²) in [5.41, 5.74) is 1.28. The van der Waals surface area contributed by atoms with Crippen molar-refractivity contribution in [2.24, 2.45) is 0 Å². The Hall–Kier alpha value is -2.14. The van der Waals surface area contributed by atoms with Crippen LogP contribution in [-0.4, -0.2) is 27.1 Å². The number of hydrogen-bond acceptors (Lipinski definition) is 3. The first-order chi connectivity index (χ1) is 8.52. The maximum absolute atomic E-state index is 10.9. The fraction of sp³-hybridized carbons (Fsp3) is 0.0833. The lowest BCUT2D eigenvalue weighted by Gasteiger charge is -2.05. The zero-order valence-electron chi connectivity index (χ0n) is 9.42. The molecular formula is C12H9ClN2O3. The van der Waals surface area contributed by atoms with Crippen molar-refractivity contribution in [3.8, 4) is 5.69 Å². The number of hydrogen-bond donors (Lipinski definition) is 1. The van der Waals surface area contributed by atoms with Gasteiger partial charge in [-0.1, -0.05) is 11.6 Å². The monoisotopic (exact) mass is 264 g/mol. The van der Waals surface area contributed by atoms with Gasteiger partial charge in [-0.3, -0.25) is 4.79 Å². The van der Waals surface area contributed by atoms with Gasteiger partial charge in [0.25, 0.3) is 0 Å². The molecule has 1 heterocycles. The van der Waals surface area contributed by atoms with Crippen LogP contribution in [0.4, 0.5) is 0 Å². The van der Waals surface area contributed by atoms with Gasteiger partial charge in [0.05, 0.1) is 11.3 Å². The van der Waals surface area contributed by atoms with Gasteiger partial charge in [-0.2, -0.15) is 5.10 Å². The molecule has 2 rings (SSSR count). The van der Waals surface area contributed by atoms with E-state index in [-0.39, 0.29) is 11.3 Å². The molecule has 92 valence electrons. The van der Waals surface area contributed by atoms with Gasteiger partial charge >= 0.3 is 5.97 Å². The van der Waals surface area contributed by atoms with E-state index in [0.29, 0.717) is 17.0 Å². The smallest absolute Gasteiger partial charge is 0.357 e. The van der Waals surface area contributed by atoms with Crippen LogP contribution in [0, 0.1) is 6.92 Å². The highest BCUT2D eigenvalue weighted by atomic mass is 35.5. The first kappa shape index (κ1) is 12.3. The molecule has 0 unspecified atom stereocenters. The molecule has 0 fully saturated rings. The van der Waals surface area contributed by atoms with Gasteiger partial charge in [-0.05, 0) is 30.7 Å². The maximum Gasteiger partial charge on any atom is 0.357 e. The number of halogens is 1. The van der Waals surface area contributed by atoms with Crippen molar-refractivity contribution in [1.29, 1.82) is 0 Å². The molecular weight excluding hydrogens is 256 g/mol. The van der Waals surface area contributed by atoms with E-state index in [4.69, 9.17) is 16.7 Å². The number of aromatic nitrogens is 2. The molecule has 0 bridgehead atoms. The van der Waals surface area contributed by atoms with Gasteiger partial charge in [0, 0.05) is 11.2 Å². The molecule has 0 saturated heterocycles. The Kier molecular flexibility index (Phi) is 3.16. The minimum absolute atomic E-state index is 0.0388. The predicted molar refractivity (Wildman–Crippen MR) is 65.7 cm³/mol. The van der Waals surface area contributed by atoms with E-state index in [1.807, 2.05) is 6.92 Å². The third-order valence-electron chi connectivity index (χ3n) is 2.48. The second kappa shape index (κ2) is 4.62. The van der Waals surface area contributed by atoms with Crippen molar-refractivity contribution in [1.82, 2.24) is 9.78 Å². The normalized spacial score (nSPS) is 10.3. The van der Waals surface area contributed by atoms with Crippen LogP contribution >= 0.6 is 11.6 Å². The minimum atomic E-state index is -1.23. The van der Waals surface area contributed by atoms with Gasteiger partial charge in [-0.15, -0.1) is 0 Å². The third kappa shape index (κ3) is 2.12. The number of carboxylic acids is 1. The molecule has 0 aliphatic rings. The van der Waals surface area contributed by atoms with E-state index >= 15 is 0 Å². The van der Waals surface area contributed by atoms with Crippen LogP contribution in [0.5, 0.6) is 0 Å². The van der Waals surface area contributed by atoms with E-state index in [9.17, 15) is 9.59 Å². The van der Waals surface area contributed by atoms with Crippen LogP contribution in [0.15, 0.2) is 24.4 Å². The molecule has 1 aromatic heterocycles. The summed E-state index contributed by atoms with van der Waals surface area (Å²) in [5, 5.41) is 13.4. The Bertz CT molecular complexity index is 634. The standard InChI is InChI=1S/C12H9ClN2O3/c1-7-4-9(13)2-3-10(7)15-5-8(6-16)11(14-15)12(17)18/h2-6H,1H3,(H,17,18). The molecule has 1 N–H and O–H groups in total. The molecule has 6 heteroatoms. The van der Waals surface area contributed by atoms with Gasteiger partial charge < -0.3 is 5.11 Å². The predicted octanol–water partition coefficient (Wildman–Crippen LogP) is 2.34. The highest BCUT2D eigenvalue weighted by Crippen LogP contribution is 2.19. The molecule has 0 atom stereocenters. The lowest BCUT2D eigenvalue weighted by Crippen LogP contribution is -2.03. The van der Waals surface area contributed by atoms with Crippen LogP contribution in [0.3, 0.4) is 0 Å². The summed E-state index contributed by atoms with van der Waals surface area (Å²) in [7, 11) is 0. The number of carbonyl (C=O) groups excluding carboxylic acids is 1. The Morgan fingerprint density at radius 3 is 2.72 bits per heavy atom. The SMILES string of the molecule is Cc1cc(Cl)ccc1-n1cc(C=O)c(C(=O)O)n1. The number of benzene rings is 1. The first-order valence-electron chi connectivity index (χ1n) is 5.07. The lowest BCUT2D eigenvalue weighted by molar-refractivity contribution is 0.0687. The number of aryl methyl sites for hydroxylation is 1. The van der Waals surface area contributed by atoms with Crippen molar-refractivity contribution < 1.29 is 14.7 Å². The minimum Gasteiger partial charge on any atom is -0.476 e. The molecule has 1 aromatic carbocycles. The molecule has 0 aliphatic carbocycles. The average Bonchev–Trinajstić information content (AvgIpc) is 2.73. The van der Waals surface area contributed by atoms with E-state index in [1.165, 1.54) is 10.9 Å². The second-order valence-corrected chi connectivity index (χ2v) is 4.17. The van der Waals surface area contributed by atoms with Crippen molar-refractivity contribution in [3.63, 3.8) is 0 Å². The number of aromatic carboxylic acids is 1. The summed E-state index contributed by atoms with van der Waals surface area (Å²) in [5.74, 6) is -1.23. The van der Waals surface area contributed by atoms with E-state index in [0.717, 1.165) is 5.56 Å². The molecule has 0 amide bonds. The summed E-state index contributed by atoms with van der Waals surface area (Å²) >= 11 is 5.84. The van der Waals surface area contributed by atoms with Gasteiger partial charge in [0.15, 0.2) is 12.0 Å². The highest BCUT2D eigenvalue weighted by Gasteiger charge is 2.16. The molecule has 0 spiro atoms. The van der Waals surface area contributed by atoms with Crippen molar-refractivity contribution >= 4 is 23.9 Å². The molecule has 2 aromatic rings. The number of nitrogens with zero attached hydrogens (tertiary/aromatic N) is 2. The first-order valence-corrected chi connectivity index (χ1v) is 5.45. The molecule has 18 heavy (non-hydrogen) atoms. The van der Waals surface area contributed by atoms with E-state index in [2.05, 4.69) is 5.10 Å². The summed E-state index contributed by atoms with van der Waals surface area (Å²) in [6.07, 6.45) is 1.85. The molecule has 5 nitrogen and oxygen atoms in total. The Morgan fingerprint density at radius 1 is 1.50 bits per heavy atom. The fourth-order valence-electron chi connectivity index (χ4n) is 1.64. The molecule has 0 radical (unpaired) electrons. The van der Waals surface area contributed by atoms with Crippen LogP contribution in [0.25, 0.3) is 5.69 Å². The van der Waals surface area contributed by atoms with Crippen LogP contribution in [0.1, 0.15) is 26.4 Å². The summed E-state index contributed by atoms with van der Waals surface area (Å²) in [6, 6.07) is 5.12.